The number of hydrogen-bond donors (Lipinski definition) is 1. The molecule has 6 nitrogen and oxygen atoms in total. The number of aliphatic hydroxyl groups is 1. The molecule has 1 N–H and O–H groups in total. The van der Waals surface area contributed by atoms with Crippen LogP contribution in [-0.2, 0) is 11.2 Å². The molecule has 1 aromatic heterocycles. The Morgan fingerprint density at radius 2 is 2.08 bits per heavy atom. The van der Waals surface area contributed by atoms with E-state index in [2.05, 4.69) is 4.98 Å². The lowest BCUT2D eigenvalue weighted by atomic mass is 10.1. The van der Waals surface area contributed by atoms with Gasteiger partial charge in [0.25, 0.3) is 0 Å². The first kappa shape index (κ1) is 16.5. The highest BCUT2D eigenvalue weighted by atomic mass is 19.1. The Morgan fingerprint density at radius 3 is 2.85 bits per heavy atom. The van der Waals surface area contributed by atoms with E-state index in [1.807, 2.05) is 17.9 Å². The number of halogens is 1. The SMILES string of the molecule is CC1=CC=C2C(=O)C(O)N(c3ncc(Cc4ccc(F)cc4)o3)CN2C1. The summed E-state index contributed by atoms with van der Waals surface area (Å²) in [4.78, 5) is 20.0. The molecule has 1 atom stereocenters. The summed E-state index contributed by atoms with van der Waals surface area (Å²) in [6, 6.07) is 6.32. The number of ketones is 1. The number of carbonyl (C=O) groups is 1. The summed E-state index contributed by atoms with van der Waals surface area (Å²) < 4.78 is 18.7. The Bertz CT molecular complexity index is 901. The second-order valence-electron chi connectivity index (χ2n) is 6.52. The number of oxazole rings is 1. The van der Waals surface area contributed by atoms with E-state index >= 15 is 0 Å². The first-order chi connectivity index (χ1) is 12.5. The fraction of sp³-hybridized carbons (Fsp3) is 0.263. The molecule has 2 aliphatic rings. The van der Waals surface area contributed by atoms with Crippen LogP contribution < -0.4 is 4.90 Å². The highest BCUT2D eigenvalue weighted by Crippen LogP contribution is 2.28. The van der Waals surface area contributed by atoms with Crippen LogP contribution in [0.4, 0.5) is 10.4 Å². The van der Waals surface area contributed by atoms with E-state index < -0.39 is 6.23 Å². The molecule has 1 saturated heterocycles. The lowest BCUT2D eigenvalue weighted by Gasteiger charge is -2.41. The molecule has 0 bridgehead atoms. The third-order valence-electron chi connectivity index (χ3n) is 4.49. The van der Waals surface area contributed by atoms with Gasteiger partial charge in [-0.05, 0) is 30.7 Å². The molecule has 7 heteroatoms. The van der Waals surface area contributed by atoms with Crippen molar-refractivity contribution in [2.45, 2.75) is 19.6 Å². The maximum Gasteiger partial charge on any atom is 0.301 e. The number of aliphatic hydroxyl groups excluding tert-OH is 1. The molecule has 0 saturated carbocycles. The van der Waals surface area contributed by atoms with Gasteiger partial charge in [0.2, 0.25) is 5.78 Å². The van der Waals surface area contributed by atoms with Gasteiger partial charge < -0.3 is 14.4 Å². The fourth-order valence-corrected chi connectivity index (χ4v) is 3.14. The number of benzene rings is 1. The molecule has 0 amide bonds. The first-order valence-corrected chi connectivity index (χ1v) is 8.32. The molecule has 0 radical (unpaired) electrons. The Balaban J connectivity index is 1.54. The van der Waals surface area contributed by atoms with Crippen molar-refractivity contribution in [3.8, 4) is 0 Å². The van der Waals surface area contributed by atoms with Crippen molar-refractivity contribution in [1.82, 2.24) is 9.88 Å². The van der Waals surface area contributed by atoms with Gasteiger partial charge in [-0.25, -0.2) is 9.37 Å². The van der Waals surface area contributed by atoms with Crippen molar-refractivity contribution in [1.29, 1.82) is 0 Å². The van der Waals surface area contributed by atoms with Crippen LogP contribution in [0, 0.1) is 5.82 Å². The molecule has 3 heterocycles. The number of rotatable bonds is 3. The van der Waals surface area contributed by atoms with E-state index in [1.54, 1.807) is 24.4 Å². The van der Waals surface area contributed by atoms with Crippen LogP contribution in [0.15, 0.2) is 58.3 Å². The molecule has 0 spiro atoms. The lowest BCUT2D eigenvalue weighted by Crippen LogP contribution is -2.56. The number of allylic oxidation sites excluding steroid dienone is 2. The highest BCUT2D eigenvalue weighted by molar-refractivity contribution is 6.01. The van der Waals surface area contributed by atoms with Crippen LogP contribution in [-0.4, -0.2) is 40.2 Å². The normalized spacial score (nSPS) is 20.0. The number of Topliss-reactive ketones (excluding diaryl/α,β-unsaturated/α-hetero) is 1. The van der Waals surface area contributed by atoms with Gasteiger partial charge in [0.1, 0.15) is 11.6 Å². The van der Waals surface area contributed by atoms with Crippen molar-refractivity contribution < 1.29 is 18.7 Å². The average molecular weight is 355 g/mol. The Kier molecular flexibility index (Phi) is 4.08. The minimum absolute atomic E-state index is 0.189. The molecule has 4 rings (SSSR count). The summed E-state index contributed by atoms with van der Waals surface area (Å²) in [5.41, 5.74) is 2.51. The Morgan fingerprint density at radius 1 is 1.31 bits per heavy atom. The number of fused-ring (bicyclic) bond motifs is 1. The lowest BCUT2D eigenvalue weighted by molar-refractivity contribution is -0.127. The van der Waals surface area contributed by atoms with Gasteiger partial charge in [-0.15, -0.1) is 0 Å². The molecular weight excluding hydrogens is 337 g/mol. The second kappa shape index (κ2) is 6.42. The van der Waals surface area contributed by atoms with E-state index in [9.17, 15) is 14.3 Å². The van der Waals surface area contributed by atoms with Crippen LogP contribution in [0.1, 0.15) is 18.2 Å². The summed E-state index contributed by atoms with van der Waals surface area (Å²) >= 11 is 0. The average Bonchev–Trinajstić information content (AvgIpc) is 3.08. The molecule has 1 unspecified atom stereocenters. The third-order valence-corrected chi connectivity index (χ3v) is 4.49. The van der Waals surface area contributed by atoms with Crippen LogP contribution in [0.25, 0.3) is 0 Å². The molecule has 26 heavy (non-hydrogen) atoms. The fourth-order valence-electron chi connectivity index (χ4n) is 3.14. The zero-order valence-electron chi connectivity index (χ0n) is 14.2. The van der Waals surface area contributed by atoms with Crippen molar-refractivity contribution in [2.24, 2.45) is 0 Å². The van der Waals surface area contributed by atoms with Gasteiger partial charge >= 0.3 is 6.01 Å². The second-order valence-corrected chi connectivity index (χ2v) is 6.52. The summed E-state index contributed by atoms with van der Waals surface area (Å²) in [6.45, 7) is 2.91. The maximum absolute atomic E-state index is 13.0. The molecular formula is C19H18FN3O3. The van der Waals surface area contributed by atoms with E-state index in [-0.39, 0.29) is 17.6 Å². The standard InChI is InChI=1S/C19H18FN3O3/c1-12-2-7-16-17(24)18(25)23(11-22(16)10-12)19-21-9-15(26-19)8-13-3-5-14(20)6-4-13/h2-7,9,18,25H,8,10-11H2,1H3. The Labute approximate surface area is 149 Å². The summed E-state index contributed by atoms with van der Waals surface area (Å²) in [5, 5.41) is 10.4. The van der Waals surface area contributed by atoms with Crippen LogP contribution >= 0.6 is 0 Å². The van der Waals surface area contributed by atoms with E-state index in [0.29, 0.717) is 31.1 Å². The van der Waals surface area contributed by atoms with E-state index in [4.69, 9.17) is 4.42 Å². The zero-order chi connectivity index (χ0) is 18.3. The van der Waals surface area contributed by atoms with Crippen molar-refractivity contribution >= 4 is 11.8 Å². The molecule has 2 aromatic rings. The van der Waals surface area contributed by atoms with Gasteiger partial charge in [-0.2, -0.15) is 0 Å². The zero-order valence-corrected chi connectivity index (χ0v) is 14.2. The third kappa shape index (κ3) is 3.01. The molecule has 1 aromatic carbocycles. The van der Waals surface area contributed by atoms with Gasteiger partial charge in [-0.3, -0.25) is 9.69 Å². The molecule has 2 aliphatic heterocycles. The van der Waals surface area contributed by atoms with Crippen LogP contribution in [0.3, 0.4) is 0 Å². The quantitative estimate of drug-likeness (QED) is 0.910. The minimum Gasteiger partial charge on any atom is -0.428 e. The van der Waals surface area contributed by atoms with E-state index in [0.717, 1.165) is 11.1 Å². The topological polar surface area (TPSA) is 69.8 Å². The van der Waals surface area contributed by atoms with Crippen LogP contribution in [0.5, 0.6) is 0 Å². The van der Waals surface area contributed by atoms with Gasteiger partial charge in [-0.1, -0.05) is 23.8 Å². The number of nitrogens with zero attached hydrogens (tertiary/aromatic N) is 3. The summed E-state index contributed by atoms with van der Waals surface area (Å²) in [7, 11) is 0. The van der Waals surface area contributed by atoms with Gasteiger partial charge in [0.05, 0.1) is 18.6 Å². The summed E-state index contributed by atoms with van der Waals surface area (Å²) in [6.07, 6.45) is 4.29. The monoisotopic (exact) mass is 355 g/mol. The Hall–Kier alpha value is -2.93. The minimum atomic E-state index is -1.33. The number of anilines is 1. The van der Waals surface area contributed by atoms with Gasteiger partial charge in [0.15, 0.2) is 6.23 Å². The molecule has 1 fully saturated rings. The highest BCUT2D eigenvalue weighted by Gasteiger charge is 2.38. The maximum atomic E-state index is 13.0. The number of carbonyl (C=O) groups excluding carboxylic acids is 1. The van der Waals surface area contributed by atoms with E-state index in [1.165, 1.54) is 17.0 Å². The van der Waals surface area contributed by atoms with Crippen LogP contribution in [0.2, 0.25) is 0 Å². The largest absolute Gasteiger partial charge is 0.428 e. The summed E-state index contributed by atoms with van der Waals surface area (Å²) in [5.74, 6) is -0.0997. The van der Waals surface area contributed by atoms with Crippen molar-refractivity contribution in [3.63, 3.8) is 0 Å². The van der Waals surface area contributed by atoms with Crippen molar-refractivity contribution in [3.05, 3.63) is 71.0 Å². The first-order valence-electron chi connectivity index (χ1n) is 8.32. The smallest absolute Gasteiger partial charge is 0.301 e. The molecule has 134 valence electrons. The molecule has 0 aliphatic carbocycles. The number of aromatic nitrogens is 1. The number of hydrogen-bond acceptors (Lipinski definition) is 6. The van der Waals surface area contributed by atoms with Gasteiger partial charge in [0, 0.05) is 13.0 Å². The van der Waals surface area contributed by atoms with Crippen molar-refractivity contribution in [2.75, 3.05) is 18.1 Å². The predicted molar refractivity (Wildman–Crippen MR) is 92.6 cm³/mol. The predicted octanol–water partition coefficient (Wildman–Crippen LogP) is 2.22.